The van der Waals surface area contributed by atoms with Crippen LogP contribution in [-0.2, 0) is 11.3 Å². The first-order valence-electron chi connectivity index (χ1n) is 4.88. The fraction of sp³-hybridized carbons (Fsp3) is 0.455. The Morgan fingerprint density at radius 1 is 1.33 bits per heavy atom. The minimum Gasteiger partial charge on any atom is -0.493 e. The number of nitrogens with two attached hydrogens (primary N) is 1. The number of benzene rings is 1. The van der Waals surface area contributed by atoms with Crippen molar-refractivity contribution in [3.8, 4) is 5.75 Å². The second-order valence-corrected chi connectivity index (χ2v) is 3.52. The first kappa shape index (κ1) is 12.3. The first-order valence-corrected chi connectivity index (χ1v) is 5.26. The van der Waals surface area contributed by atoms with E-state index in [4.69, 9.17) is 26.8 Å². The van der Waals surface area contributed by atoms with Gasteiger partial charge >= 0.3 is 0 Å². The Morgan fingerprint density at radius 3 is 2.80 bits per heavy atom. The molecule has 0 saturated carbocycles. The summed E-state index contributed by atoms with van der Waals surface area (Å²) >= 11 is 5.98. The van der Waals surface area contributed by atoms with Gasteiger partial charge in [-0.1, -0.05) is 17.7 Å². The third-order valence-electron chi connectivity index (χ3n) is 2.03. The van der Waals surface area contributed by atoms with Crippen molar-refractivity contribution in [2.75, 3.05) is 20.3 Å². The van der Waals surface area contributed by atoms with Crippen molar-refractivity contribution in [1.29, 1.82) is 0 Å². The van der Waals surface area contributed by atoms with E-state index in [-0.39, 0.29) is 0 Å². The maximum atomic E-state index is 5.98. The van der Waals surface area contributed by atoms with Crippen LogP contribution in [-0.4, -0.2) is 20.3 Å². The van der Waals surface area contributed by atoms with Crippen molar-refractivity contribution < 1.29 is 9.47 Å². The molecule has 84 valence electrons. The standard InChI is InChI=1S/C11H16ClNO2/c1-14-6-3-7-15-11-5-2-4-10(12)9(11)8-13/h2,4-5H,3,6-8,13H2,1H3. The van der Waals surface area contributed by atoms with Crippen LogP contribution in [0, 0.1) is 0 Å². The van der Waals surface area contributed by atoms with E-state index in [1.807, 2.05) is 18.2 Å². The van der Waals surface area contributed by atoms with Gasteiger partial charge in [-0.25, -0.2) is 0 Å². The summed E-state index contributed by atoms with van der Waals surface area (Å²) in [7, 11) is 1.67. The molecule has 0 spiro atoms. The molecule has 0 aliphatic carbocycles. The Bertz CT molecular complexity index is 305. The molecule has 0 amide bonds. The van der Waals surface area contributed by atoms with E-state index in [1.54, 1.807) is 7.11 Å². The number of halogens is 1. The van der Waals surface area contributed by atoms with E-state index in [0.29, 0.717) is 24.8 Å². The molecular weight excluding hydrogens is 214 g/mol. The van der Waals surface area contributed by atoms with Crippen LogP contribution in [0.3, 0.4) is 0 Å². The molecule has 0 aliphatic heterocycles. The van der Waals surface area contributed by atoms with E-state index < -0.39 is 0 Å². The molecule has 0 unspecified atom stereocenters. The minimum absolute atomic E-state index is 0.388. The van der Waals surface area contributed by atoms with Crippen LogP contribution in [0.5, 0.6) is 5.75 Å². The third kappa shape index (κ3) is 3.70. The maximum Gasteiger partial charge on any atom is 0.125 e. The zero-order valence-corrected chi connectivity index (χ0v) is 9.59. The highest BCUT2D eigenvalue weighted by Crippen LogP contribution is 2.25. The predicted molar refractivity (Wildman–Crippen MR) is 61.3 cm³/mol. The van der Waals surface area contributed by atoms with Crippen molar-refractivity contribution >= 4 is 11.6 Å². The molecular formula is C11H16ClNO2. The Morgan fingerprint density at radius 2 is 2.13 bits per heavy atom. The van der Waals surface area contributed by atoms with Crippen molar-refractivity contribution in [2.24, 2.45) is 5.73 Å². The third-order valence-corrected chi connectivity index (χ3v) is 2.38. The van der Waals surface area contributed by atoms with E-state index in [1.165, 1.54) is 0 Å². The number of ether oxygens (including phenoxy) is 2. The van der Waals surface area contributed by atoms with Crippen LogP contribution < -0.4 is 10.5 Å². The molecule has 0 atom stereocenters. The molecule has 4 heteroatoms. The largest absolute Gasteiger partial charge is 0.493 e. The SMILES string of the molecule is COCCCOc1cccc(Cl)c1CN. The molecule has 0 aliphatic rings. The lowest BCUT2D eigenvalue weighted by molar-refractivity contribution is 0.172. The molecule has 15 heavy (non-hydrogen) atoms. The summed E-state index contributed by atoms with van der Waals surface area (Å²) in [6, 6.07) is 5.54. The number of methoxy groups -OCH3 is 1. The number of rotatable bonds is 6. The van der Waals surface area contributed by atoms with Gasteiger partial charge in [0.05, 0.1) is 6.61 Å². The monoisotopic (exact) mass is 229 g/mol. The molecule has 2 N–H and O–H groups in total. The molecule has 0 heterocycles. The van der Waals surface area contributed by atoms with E-state index in [0.717, 1.165) is 17.7 Å². The summed E-state index contributed by atoms with van der Waals surface area (Å²) in [6.07, 6.45) is 0.854. The Hall–Kier alpha value is -0.770. The molecule has 1 aromatic rings. The Balaban J connectivity index is 2.56. The van der Waals surface area contributed by atoms with Crippen LogP contribution in [0.15, 0.2) is 18.2 Å². The molecule has 0 saturated heterocycles. The number of hydrogen-bond donors (Lipinski definition) is 1. The second kappa shape index (κ2) is 6.67. The van der Waals surface area contributed by atoms with Gasteiger partial charge in [0.25, 0.3) is 0 Å². The van der Waals surface area contributed by atoms with E-state index in [2.05, 4.69) is 0 Å². The van der Waals surface area contributed by atoms with Crippen LogP contribution in [0.1, 0.15) is 12.0 Å². The first-order chi connectivity index (χ1) is 7.29. The van der Waals surface area contributed by atoms with Gasteiger partial charge in [-0.05, 0) is 12.1 Å². The van der Waals surface area contributed by atoms with Gasteiger partial charge in [-0.15, -0.1) is 0 Å². The van der Waals surface area contributed by atoms with Gasteiger partial charge in [-0.2, -0.15) is 0 Å². The van der Waals surface area contributed by atoms with Crippen LogP contribution >= 0.6 is 11.6 Å². The highest BCUT2D eigenvalue weighted by atomic mass is 35.5. The highest BCUT2D eigenvalue weighted by Gasteiger charge is 2.05. The lowest BCUT2D eigenvalue weighted by Crippen LogP contribution is -2.06. The zero-order valence-electron chi connectivity index (χ0n) is 8.83. The Kier molecular flexibility index (Phi) is 5.47. The van der Waals surface area contributed by atoms with Crippen molar-refractivity contribution in [3.05, 3.63) is 28.8 Å². The minimum atomic E-state index is 0.388. The van der Waals surface area contributed by atoms with Gasteiger partial charge in [0, 0.05) is 37.3 Å². The molecule has 0 radical (unpaired) electrons. The smallest absolute Gasteiger partial charge is 0.125 e. The fourth-order valence-corrected chi connectivity index (χ4v) is 1.50. The van der Waals surface area contributed by atoms with Crippen LogP contribution in [0.25, 0.3) is 0 Å². The molecule has 0 bridgehead atoms. The normalized spacial score (nSPS) is 10.3. The lowest BCUT2D eigenvalue weighted by Gasteiger charge is -2.11. The number of hydrogen-bond acceptors (Lipinski definition) is 3. The summed E-state index contributed by atoms with van der Waals surface area (Å²) in [6.45, 7) is 1.69. The van der Waals surface area contributed by atoms with Crippen molar-refractivity contribution in [2.45, 2.75) is 13.0 Å². The van der Waals surface area contributed by atoms with Gasteiger partial charge in [0.1, 0.15) is 5.75 Å². The molecule has 3 nitrogen and oxygen atoms in total. The molecule has 1 rings (SSSR count). The summed E-state index contributed by atoms with van der Waals surface area (Å²) in [5.74, 6) is 0.765. The predicted octanol–water partition coefficient (Wildman–Crippen LogP) is 2.21. The fourth-order valence-electron chi connectivity index (χ4n) is 1.26. The summed E-state index contributed by atoms with van der Waals surface area (Å²) in [4.78, 5) is 0. The maximum absolute atomic E-state index is 5.98. The highest BCUT2D eigenvalue weighted by molar-refractivity contribution is 6.31. The average molecular weight is 230 g/mol. The summed E-state index contributed by atoms with van der Waals surface area (Å²) in [5.41, 5.74) is 6.45. The van der Waals surface area contributed by atoms with Gasteiger partial charge in [0.15, 0.2) is 0 Å². The average Bonchev–Trinajstić information content (AvgIpc) is 2.24. The lowest BCUT2D eigenvalue weighted by atomic mass is 10.2. The van der Waals surface area contributed by atoms with Crippen LogP contribution in [0.2, 0.25) is 5.02 Å². The van der Waals surface area contributed by atoms with Crippen molar-refractivity contribution in [3.63, 3.8) is 0 Å². The van der Waals surface area contributed by atoms with Crippen LogP contribution in [0.4, 0.5) is 0 Å². The Labute approximate surface area is 95.1 Å². The summed E-state index contributed by atoms with van der Waals surface area (Å²) < 4.78 is 10.5. The second-order valence-electron chi connectivity index (χ2n) is 3.12. The molecule has 1 aromatic carbocycles. The van der Waals surface area contributed by atoms with Crippen molar-refractivity contribution in [1.82, 2.24) is 0 Å². The summed E-state index contributed by atoms with van der Waals surface area (Å²) in [5, 5.41) is 0.654. The topological polar surface area (TPSA) is 44.5 Å². The van der Waals surface area contributed by atoms with E-state index >= 15 is 0 Å². The van der Waals surface area contributed by atoms with Gasteiger partial charge < -0.3 is 15.2 Å². The van der Waals surface area contributed by atoms with Gasteiger partial charge in [-0.3, -0.25) is 0 Å². The zero-order chi connectivity index (χ0) is 11.1. The quantitative estimate of drug-likeness (QED) is 0.761. The molecule has 0 aromatic heterocycles. The van der Waals surface area contributed by atoms with Gasteiger partial charge in [0.2, 0.25) is 0 Å². The van der Waals surface area contributed by atoms with E-state index in [9.17, 15) is 0 Å². The molecule has 0 fully saturated rings.